The minimum atomic E-state index is -0.474. The Labute approximate surface area is 211 Å². The molecule has 2 aromatic carbocycles. The van der Waals surface area contributed by atoms with Gasteiger partial charge in [0, 0.05) is 12.6 Å². The van der Waals surface area contributed by atoms with E-state index in [1.165, 1.54) is 12.7 Å². The van der Waals surface area contributed by atoms with E-state index in [2.05, 4.69) is 34.7 Å². The van der Waals surface area contributed by atoms with Crippen molar-refractivity contribution in [1.82, 2.24) is 9.78 Å². The van der Waals surface area contributed by atoms with Crippen molar-refractivity contribution in [3.05, 3.63) is 83.0 Å². The molecule has 0 bridgehead atoms. The molecule has 3 aromatic rings. The molecule has 7 nitrogen and oxygen atoms in total. The van der Waals surface area contributed by atoms with Crippen LogP contribution in [0.2, 0.25) is 0 Å². The summed E-state index contributed by atoms with van der Waals surface area (Å²) < 4.78 is 12.1. The maximum absolute atomic E-state index is 12.5. The van der Waals surface area contributed by atoms with E-state index in [-0.39, 0.29) is 12.6 Å². The largest absolute Gasteiger partial charge is 0.468 e. The summed E-state index contributed by atoms with van der Waals surface area (Å²) in [5.41, 5.74) is 3.99. The SMILES string of the molecule is COC(=O)C1(c2ccc(C3CCC(c4cnn(C)c4NC(=O)OCc4ccccc4)CC3)cc2)CC1. The predicted molar refractivity (Wildman–Crippen MR) is 137 cm³/mol. The minimum absolute atomic E-state index is 0.124. The second-order valence-electron chi connectivity index (χ2n) is 10.0. The van der Waals surface area contributed by atoms with Crippen molar-refractivity contribution < 1.29 is 19.1 Å². The smallest absolute Gasteiger partial charge is 0.413 e. The fourth-order valence-electron chi connectivity index (χ4n) is 5.51. The van der Waals surface area contributed by atoms with Crippen LogP contribution in [-0.4, -0.2) is 29.0 Å². The lowest BCUT2D eigenvalue weighted by molar-refractivity contribution is -0.143. The molecule has 0 saturated heterocycles. The molecule has 0 spiro atoms. The maximum Gasteiger partial charge on any atom is 0.413 e. The quantitative estimate of drug-likeness (QED) is 0.425. The molecular formula is C29H33N3O4. The first-order valence-corrected chi connectivity index (χ1v) is 12.7. The second-order valence-corrected chi connectivity index (χ2v) is 10.0. The Balaban J connectivity index is 1.18. The second kappa shape index (κ2) is 10.2. The van der Waals surface area contributed by atoms with Crippen LogP contribution < -0.4 is 5.32 Å². The maximum atomic E-state index is 12.5. The number of aromatic nitrogens is 2. The molecule has 0 radical (unpaired) electrons. The van der Waals surface area contributed by atoms with Gasteiger partial charge in [-0.25, -0.2) is 4.79 Å². The number of amides is 1. The van der Waals surface area contributed by atoms with Crippen LogP contribution in [0.4, 0.5) is 10.6 Å². The van der Waals surface area contributed by atoms with Crippen molar-refractivity contribution >= 4 is 17.9 Å². The van der Waals surface area contributed by atoms with Crippen LogP contribution in [0.25, 0.3) is 0 Å². The first-order valence-electron chi connectivity index (χ1n) is 12.7. The van der Waals surface area contributed by atoms with Gasteiger partial charge in [-0.1, -0.05) is 54.6 Å². The van der Waals surface area contributed by atoms with E-state index >= 15 is 0 Å². The Bertz CT molecular complexity index is 1210. The van der Waals surface area contributed by atoms with Gasteiger partial charge in [0.15, 0.2) is 0 Å². The number of aryl methyl sites for hydroxylation is 1. The number of ether oxygens (including phenoxy) is 2. The van der Waals surface area contributed by atoms with Gasteiger partial charge in [0.1, 0.15) is 12.4 Å². The van der Waals surface area contributed by atoms with Crippen LogP contribution in [0, 0.1) is 0 Å². The summed E-state index contributed by atoms with van der Waals surface area (Å²) in [7, 11) is 3.30. The van der Waals surface area contributed by atoms with Crippen LogP contribution in [0.5, 0.6) is 0 Å². The molecule has 188 valence electrons. The molecule has 0 aliphatic heterocycles. The molecule has 36 heavy (non-hydrogen) atoms. The van der Waals surface area contributed by atoms with Gasteiger partial charge in [0.25, 0.3) is 0 Å². The number of carbonyl (C=O) groups excluding carboxylic acids is 2. The lowest BCUT2D eigenvalue weighted by Gasteiger charge is -2.29. The lowest BCUT2D eigenvalue weighted by Crippen LogP contribution is -2.22. The number of anilines is 1. The number of carbonyl (C=O) groups is 2. The zero-order chi connectivity index (χ0) is 25.1. The molecule has 0 unspecified atom stereocenters. The molecule has 1 N–H and O–H groups in total. The van der Waals surface area contributed by atoms with Crippen molar-refractivity contribution in [3.63, 3.8) is 0 Å². The van der Waals surface area contributed by atoms with E-state index in [0.717, 1.165) is 55.2 Å². The molecule has 1 heterocycles. The number of hydrogen-bond acceptors (Lipinski definition) is 5. The van der Waals surface area contributed by atoms with Crippen molar-refractivity contribution in [1.29, 1.82) is 0 Å². The van der Waals surface area contributed by atoms with Gasteiger partial charge in [-0.2, -0.15) is 5.10 Å². The average molecular weight is 488 g/mol. The van der Waals surface area contributed by atoms with E-state index in [9.17, 15) is 9.59 Å². The third kappa shape index (κ3) is 4.87. The normalized spacial score (nSPS) is 20.4. The van der Waals surface area contributed by atoms with Crippen LogP contribution in [0.15, 0.2) is 60.8 Å². The number of benzene rings is 2. The molecule has 2 saturated carbocycles. The highest BCUT2D eigenvalue weighted by Gasteiger charge is 2.52. The van der Waals surface area contributed by atoms with E-state index in [0.29, 0.717) is 17.7 Å². The summed E-state index contributed by atoms with van der Waals surface area (Å²) in [4.78, 5) is 24.7. The van der Waals surface area contributed by atoms with Gasteiger partial charge in [0.2, 0.25) is 0 Å². The molecule has 5 rings (SSSR count). The Morgan fingerprint density at radius 3 is 2.31 bits per heavy atom. The van der Waals surface area contributed by atoms with E-state index in [4.69, 9.17) is 9.47 Å². The van der Waals surface area contributed by atoms with Crippen LogP contribution in [-0.2, 0) is 33.3 Å². The summed E-state index contributed by atoms with van der Waals surface area (Å²) >= 11 is 0. The van der Waals surface area contributed by atoms with Crippen LogP contribution in [0.1, 0.15) is 72.6 Å². The Morgan fingerprint density at radius 1 is 1.00 bits per heavy atom. The molecule has 2 fully saturated rings. The number of hydrogen-bond donors (Lipinski definition) is 1. The van der Waals surface area contributed by atoms with Gasteiger partial charge in [-0.15, -0.1) is 0 Å². The topological polar surface area (TPSA) is 82.5 Å². The number of rotatable bonds is 7. The third-order valence-electron chi connectivity index (χ3n) is 7.83. The summed E-state index contributed by atoms with van der Waals surface area (Å²) in [6, 6.07) is 18.2. The third-order valence-corrected chi connectivity index (χ3v) is 7.83. The first kappa shape index (κ1) is 24.1. The Morgan fingerprint density at radius 2 is 1.67 bits per heavy atom. The summed E-state index contributed by atoms with van der Waals surface area (Å²) in [6.45, 7) is 0.227. The Hall–Kier alpha value is -3.61. The van der Waals surface area contributed by atoms with Gasteiger partial charge in [-0.3, -0.25) is 14.8 Å². The van der Waals surface area contributed by atoms with Crippen molar-refractivity contribution in [3.8, 4) is 0 Å². The monoisotopic (exact) mass is 487 g/mol. The number of methoxy groups -OCH3 is 1. The zero-order valence-electron chi connectivity index (χ0n) is 20.9. The van der Waals surface area contributed by atoms with E-state index < -0.39 is 11.5 Å². The highest BCUT2D eigenvalue weighted by molar-refractivity contribution is 5.86. The van der Waals surface area contributed by atoms with Gasteiger partial charge in [-0.05, 0) is 67.1 Å². The zero-order valence-corrected chi connectivity index (χ0v) is 20.9. The minimum Gasteiger partial charge on any atom is -0.468 e. The molecule has 7 heteroatoms. The fraction of sp³-hybridized carbons (Fsp3) is 0.414. The van der Waals surface area contributed by atoms with E-state index in [1.54, 1.807) is 4.68 Å². The predicted octanol–water partition coefficient (Wildman–Crippen LogP) is 5.81. The standard InChI is InChI=1S/C29H33N3O4/c1-32-26(31-28(34)36-19-20-6-4-3-5-7-20)25(18-30-32)23-10-8-21(9-11-23)22-12-14-24(15-13-22)29(16-17-29)27(33)35-2/h3-7,12-15,18,21,23H,8-11,16-17,19H2,1-2H3,(H,31,34). The molecule has 1 amide bonds. The van der Waals surface area contributed by atoms with Gasteiger partial charge >= 0.3 is 12.1 Å². The van der Waals surface area contributed by atoms with Crippen LogP contribution in [0.3, 0.4) is 0 Å². The average Bonchev–Trinajstić information content (AvgIpc) is 3.66. The molecule has 1 aromatic heterocycles. The van der Waals surface area contributed by atoms with Crippen molar-refractivity contribution in [2.45, 2.75) is 62.4 Å². The van der Waals surface area contributed by atoms with Crippen molar-refractivity contribution in [2.75, 3.05) is 12.4 Å². The molecule has 2 aliphatic carbocycles. The number of nitrogens with zero attached hydrogens (tertiary/aromatic N) is 2. The number of nitrogens with one attached hydrogen (secondary N) is 1. The lowest BCUT2D eigenvalue weighted by atomic mass is 9.76. The summed E-state index contributed by atoms with van der Waals surface area (Å²) in [5, 5.41) is 7.32. The summed E-state index contributed by atoms with van der Waals surface area (Å²) in [6.07, 6.45) is 7.32. The molecule has 0 atom stereocenters. The van der Waals surface area contributed by atoms with Crippen molar-refractivity contribution in [2.24, 2.45) is 7.05 Å². The van der Waals surface area contributed by atoms with Gasteiger partial charge in [0.05, 0.1) is 18.7 Å². The van der Waals surface area contributed by atoms with E-state index in [1.807, 2.05) is 43.6 Å². The first-order chi connectivity index (χ1) is 17.5. The van der Waals surface area contributed by atoms with Gasteiger partial charge < -0.3 is 9.47 Å². The highest BCUT2D eigenvalue weighted by atomic mass is 16.5. The number of esters is 1. The fourth-order valence-corrected chi connectivity index (χ4v) is 5.51. The molecule has 2 aliphatic rings. The van der Waals surface area contributed by atoms with Crippen LogP contribution >= 0.6 is 0 Å². The summed E-state index contributed by atoms with van der Waals surface area (Å²) in [5.74, 6) is 1.42. The Kier molecular flexibility index (Phi) is 6.81. The highest BCUT2D eigenvalue weighted by Crippen LogP contribution is 2.50. The molecular weight excluding hydrogens is 454 g/mol.